The molecule has 130 valence electrons. The van der Waals surface area contributed by atoms with Gasteiger partial charge in [-0.1, -0.05) is 6.92 Å². The van der Waals surface area contributed by atoms with Crippen molar-refractivity contribution in [1.29, 1.82) is 0 Å². The van der Waals surface area contributed by atoms with Gasteiger partial charge < -0.3 is 25.6 Å². The summed E-state index contributed by atoms with van der Waals surface area (Å²) in [6.45, 7) is 2.71. The van der Waals surface area contributed by atoms with E-state index in [4.69, 9.17) is 15.6 Å². The standard InChI is InChI=1S/C15H26N4O4/c1-9(6-18(2)3)4-10-7-19(15(22)17-14(10)16)13-5-11(21)12(8-20)23-13/h7,9,11-13,20-21H,4-6,8H2,1-3H3,(H2,16,17,22)/t9?,11-,12+,13+/m0/s1. The van der Waals surface area contributed by atoms with Gasteiger partial charge in [0.15, 0.2) is 0 Å². The zero-order valence-electron chi connectivity index (χ0n) is 13.8. The summed E-state index contributed by atoms with van der Waals surface area (Å²) in [7, 11) is 4.00. The first-order valence-corrected chi connectivity index (χ1v) is 7.78. The van der Waals surface area contributed by atoms with E-state index >= 15 is 0 Å². The maximum absolute atomic E-state index is 12.1. The molecular formula is C15H26N4O4. The number of anilines is 1. The molecule has 0 spiro atoms. The van der Waals surface area contributed by atoms with E-state index in [1.54, 1.807) is 6.20 Å². The van der Waals surface area contributed by atoms with Gasteiger partial charge in [-0.15, -0.1) is 0 Å². The van der Waals surface area contributed by atoms with Crippen LogP contribution in [0, 0.1) is 5.92 Å². The zero-order chi connectivity index (χ0) is 17.1. The second-order valence-electron chi connectivity index (χ2n) is 6.53. The average Bonchev–Trinajstić information content (AvgIpc) is 2.81. The molecular weight excluding hydrogens is 300 g/mol. The summed E-state index contributed by atoms with van der Waals surface area (Å²) in [5.41, 5.74) is 6.15. The topological polar surface area (TPSA) is 114 Å². The lowest BCUT2D eigenvalue weighted by Crippen LogP contribution is -2.30. The van der Waals surface area contributed by atoms with E-state index in [0.29, 0.717) is 12.3 Å². The molecule has 1 aliphatic heterocycles. The summed E-state index contributed by atoms with van der Waals surface area (Å²) in [6.07, 6.45) is 0.477. The molecule has 2 heterocycles. The SMILES string of the molecule is CC(Cc1cn([C@H]2C[C@H](O)[C@@H](CO)O2)c(=O)nc1N)CN(C)C. The van der Waals surface area contributed by atoms with Crippen LogP contribution in [0.5, 0.6) is 0 Å². The molecule has 0 aromatic carbocycles. The maximum Gasteiger partial charge on any atom is 0.351 e. The summed E-state index contributed by atoms with van der Waals surface area (Å²) < 4.78 is 6.88. The first-order valence-electron chi connectivity index (χ1n) is 7.78. The van der Waals surface area contributed by atoms with E-state index in [1.165, 1.54) is 4.57 Å². The van der Waals surface area contributed by atoms with E-state index in [2.05, 4.69) is 16.8 Å². The number of nitrogens with two attached hydrogens (primary N) is 1. The van der Waals surface area contributed by atoms with Crippen LogP contribution in [0.1, 0.15) is 25.1 Å². The van der Waals surface area contributed by atoms with Crippen LogP contribution in [0.4, 0.5) is 5.82 Å². The Morgan fingerprint density at radius 3 is 2.83 bits per heavy atom. The summed E-state index contributed by atoms with van der Waals surface area (Å²) in [6, 6.07) is 0. The van der Waals surface area contributed by atoms with Crippen molar-refractivity contribution in [2.75, 3.05) is 33.0 Å². The van der Waals surface area contributed by atoms with E-state index in [0.717, 1.165) is 12.1 Å². The quantitative estimate of drug-likeness (QED) is 0.627. The maximum atomic E-state index is 12.1. The number of ether oxygens (including phenoxy) is 1. The third kappa shape index (κ3) is 4.29. The van der Waals surface area contributed by atoms with Gasteiger partial charge in [0, 0.05) is 24.7 Å². The highest BCUT2D eigenvalue weighted by atomic mass is 16.5. The molecule has 0 amide bonds. The van der Waals surface area contributed by atoms with Crippen LogP contribution in [-0.2, 0) is 11.2 Å². The largest absolute Gasteiger partial charge is 0.394 e. The minimum atomic E-state index is -0.800. The van der Waals surface area contributed by atoms with Crippen molar-refractivity contribution in [2.45, 2.75) is 38.2 Å². The molecule has 0 radical (unpaired) electrons. The molecule has 4 atom stereocenters. The van der Waals surface area contributed by atoms with Gasteiger partial charge in [0.25, 0.3) is 0 Å². The summed E-state index contributed by atoms with van der Waals surface area (Å²) >= 11 is 0. The Balaban J connectivity index is 2.21. The lowest BCUT2D eigenvalue weighted by atomic mass is 10.0. The second-order valence-corrected chi connectivity index (χ2v) is 6.53. The van der Waals surface area contributed by atoms with E-state index < -0.39 is 24.1 Å². The molecule has 2 rings (SSSR count). The summed E-state index contributed by atoms with van der Waals surface area (Å²) in [5.74, 6) is 0.578. The number of nitrogen functional groups attached to an aromatic ring is 1. The highest BCUT2D eigenvalue weighted by molar-refractivity contribution is 5.37. The van der Waals surface area contributed by atoms with Crippen molar-refractivity contribution < 1.29 is 14.9 Å². The molecule has 23 heavy (non-hydrogen) atoms. The third-order valence-electron chi connectivity index (χ3n) is 4.00. The number of rotatable bonds is 6. The van der Waals surface area contributed by atoms with Crippen LogP contribution < -0.4 is 11.4 Å². The molecule has 0 saturated carbocycles. The number of nitrogens with zero attached hydrogens (tertiary/aromatic N) is 3. The minimum absolute atomic E-state index is 0.231. The third-order valence-corrected chi connectivity index (χ3v) is 4.00. The molecule has 1 aromatic heterocycles. The Hall–Kier alpha value is -1.48. The molecule has 1 aromatic rings. The normalized spacial score (nSPS) is 25.9. The van der Waals surface area contributed by atoms with Gasteiger partial charge in [-0.25, -0.2) is 4.79 Å². The van der Waals surface area contributed by atoms with Crippen molar-refractivity contribution in [3.63, 3.8) is 0 Å². The Kier molecular flexibility index (Phi) is 5.74. The lowest BCUT2D eigenvalue weighted by Gasteiger charge is -2.19. The van der Waals surface area contributed by atoms with E-state index in [9.17, 15) is 9.90 Å². The van der Waals surface area contributed by atoms with Gasteiger partial charge in [-0.2, -0.15) is 4.98 Å². The molecule has 0 aliphatic carbocycles. The molecule has 1 saturated heterocycles. The van der Waals surface area contributed by atoms with E-state index in [1.807, 2.05) is 14.1 Å². The number of hydrogen-bond donors (Lipinski definition) is 3. The van der Waals surface area contributed by atoms with Crippen LogP contribution in [0.3, 0.4) is 0 Å². The van der Waals surface area contributed by atoms with Gasteiger partial charge in [0.1, 0.15) is 18.1 Å². The second kappa shape index (κ2) is 7.39. The molecule has 1 aliphatic rings. The zero-order valence-corrected chi connectivity index (χ0v) is 13.8. The Labute approximate surface area is 135 Å². The Morgan fingerprint density at radius 2 is 2.26 bits per heavy atom. The lowest BCUT2D eigenvalue weighted by molar-refractivity contribution is -0.0459. The van der Waals surface area contributed by atoms with E-state index in [-0.39, 0.29) is 18.8 Å². The molecule has 8 nitrogen and oxygen atoms in total. The highest BCUT2D eigenvalue weighted by Crippen LogP contribution is 2.28. The van der Waals surface area contributed by atoms with Crippen molar-refractivity contribution in [1.82, 2.24) is 14.5 Å². The van der Waals surface area contributed by atoms with Gasteiger partial charge in [-0.3, -0.25) is 4.57 Å². The number of hydrogen-bond acceptors (Lipinski definition) is 7. The monoisotopic (exact) mass is 326 g/mol. The van der Waals surface area contributed by atoms with Gasteiger partial charge in [-0.05, 0) is 26.4 Å². The predicted molar refractivity (Wildman–Crippen MR) is 86.0 cm³/mol. The van der Waals surface area contributed by atoms with Crippen LogP contribution >= 0.6 is 0 Å². The highest BCUT2D eigenvalue weighted by Gasteiger charge is 2.35. The van der Waals surface area contributed by atoms with Crippen LogP contribution in [-0.4, -0.2) is 64.1 Å². The number of aromatic nitrogens is 2. The summed E-state index contributed by atoms with van der Waals surface area (Å²) in [4.78, 5) is 18.0. The fraction of sp³-hybridized carbons (Fsp3) is 0.733. The first-order chi connectivity index (χ1) is 10.8. The Bertz CT molecular complexity index is 589. The predicted octanol–water partition coefficient (Wildman–Crippen LogP) is -0.794. The number of aliphatic hydroxyl groups excluding tert-OH is 2. The average molecular weight is 326 g/mol. The van der Waals surface area contributed by atoms with Gasteiger partial charge in [0.2, 0.25) is 0 Å². The first kappa shape index (κ1) is 17.9. The molecule has 4 N–H and O–H groups in total. The fourth-order valence-electron chi connectivity index (χ4n) is 3.00. The molecule has 0 bridgehead atoms. The van der Waals surface area contributed by atoms with Crippen molar-refractivity contribution in [3.05, 3.63) is 22.2 Å². The van der Waals surface area contributed by atoms with Crippen molar-refractivity contribution in [3.8, 4) is 0 Å². The van der Waals surface area contributed by atoms with Gasteiger partial charge >= 0.3 is 5.69 Å². The number of aliphatic hydroxyl groups is 2. The van der Waals surface area contributed by atoms with Crippen LogP contribution in [0.15, 0.2) is 11.0 Å². The van der Waals surface area contributed by atoms with Gasteiger partial charge in [0.05, 0.1) is 12.7 Å². The van der Waals surface area contributed by atoms with Crippen LogP contribution in [0.25, 0.3) is 0 Å². The van der Waals surface area contributed by atoms with Crippen LogP contribution in [0.2, 0.25) is 0 Å². The molecule has 1 fully saturated rings. The van der Waals surface area contributed by atoms with Crippen molar-refractivity contribution in [2.24, 2.45) is 5.92 Å². The van der Waals surface area contributed by atoms with Crippen molar-refractivity contribution >= 4 is 5.82 Å². The molecule has 1 unspecified atom stereocenters. The minimum Gasteiger partial charge on any atom is -0.394 e. The molecule has 8 heteroatoms. The summed E-state index contributed by atoms with van der Waals surface area (Å²) in [5, 5.41) is 19.0. The fourth-order valence-corrected chi connectivity index (χ4v) is 3.00. The smallest absolute Gasteiger partial charge is 0.351 e. The Morgan fingerprint density at radius 1 is 1.57 bits per heavy atom.